The van der Waals surface area contributed by atoms with Crippen molar-refractivity contribution in [2.75, 3.05) is 14.1 Å². The maximum Gasteiger partial charge on any atom is 0.180 e. The largest absolute Gasteiger partial charge is 0.369 e. The summed E-state index contributed by atoms with van der Waals surface area (Å²) in [4.78, 5) is 13.7. The second-order valence-electron chi connectivity index (χ2n) is 3.23. The first kappa shape index (κ1) is 12.3. The fraction of sp³-hybridized carbons (Fsp3) is 0.182. The molecule has 1 heterocycles. The average Bonchev–Trinajstić information content (AvgIpc) is 2.35. The fourth-order valence-electron chi connectivity index (χ4n) is 0.960. The minimum absolute atomic E-state index is 0.116. The van der Waals surface area contributed by atoms with Crippen LogP contribution in [0.1, 0.15) is 5.82 Å². The second kappa shape index (κ2) is 5.99. The minimum atomic E-state index is -0.116. The van der Waals surface area contributed by atoms with Crippen LogP contribution in [0.5, 0.6) is 0 Å². The highest BCUT2D eigenvalue weighted by molar-refractivity contribution is 5.76. The fourth-order valence-corrected chi connectivity index (χ4v) is 0.960. The predicted molar refractivity (Wildman–Crippen MR) is 62.4 cm³/mol. The standard InChI is InChI=1S/C11H10N6/c1-17(2)8-16-10(9(6-12)7-13)11-14-4-3-5-15-11/h3-5,8H,1-2H3. The van der Waals surface area contributed by atoms with Crippen LogP contribution >= 0.6 is 0 Å². The topological polar surface area (TPSA) is 89.0 Å². The third kappa shape index (κ3) is 3.40. The Morgan fingerprint density at radius 3 is 2.35 bits per heavy atom. The van der Waals surface area contributed by atoms with E-state index in [0.29, 0.717) is 0 Å². The second-order valence-corrected chi connectivity index (χ2v) is 3.23. The van der Waals surface area contributed by atoms with E-state index in [1.165, 1.54) is 18.7 Å². The number of rotatable bonds is 3. The number of hydrogen-bond acceptors (Lipinski definition) is 5. The van der Waals surface area contributed by atoms with Crippen LogP contribution < -0.4 is 0 Å². The van der Waals surface area contributed by atoms with Gasteiger partial charge in [0.25, 0.3) is 0 Å². The summed E-state index contributed by atoms with van der Waals surface area (Å²) in [5.41, 5.74) is 0.0543. The molecule has 0 saturated carbocycles. The van der Waals surface area contributed by atoms with E-state index in [-0.39, 0.29) is 17.1 Å². The first-order valence-corrected chi connectivity index (χ1v) is 4.71. The summed E-state index contributed by atoms with van der Waals surface area (Å²) in [6, 6.07) is 5.21. The molecule has 0 radical (unpaired) electrons. The van der Waals surface area contributed by atoms with Gasteiger partial charge in [-0.25, -0.2) is 15.0 Å². The van der Waals surface area contributed by atoms with Crippen molar-refractivity contribution in [2.45, 2.75) is 0 Å². The van der Waals surface area contributed by atoms with E-state index in [9.17, 15) is 0 Å². The van der Waals surface area contributed by atoms with Crippen LogP contribution in [-0.4, -0.2) is 35.3 Å². The van der Waals surface area contributed by atoms with E-state index < -0.39 is 0 Å². The quantitative estimate of drug-likeness (QED) is 0.432. The number of allylic oxidation sites excluding steroid dienone is 1. The maximum atomic E-state index is 8.85. The summed E-state index contributed by atoms with van der Waals surface area (Å²) in [7, 11) is 3.57. The average molecular weight is 226 g/mol. The van der Waals surface area contributed by atoms with Crippen molar-refractivity contribution in [3.63, 3.8) is 0 Å². The predicted octanol–water partition coefficient (Wildman–Crippen LogP) is 0.825. The van der Waals surface area contributed by atoms with Crippen molar-refractivity contribution < 1.29 is 0 Å². The van der Waals surface area contributed by atoms with Gasteiger partial charge in [-0.15, -0.1) is 0 Å². The molecule has 0 fully saturated rings. The number of nitriles is 2. The van der Waals surface area contributed by atoms with Gasteiger partial charge in [-0.1, -0.05) is 0 Å². The van der Waals surface area contributed by atoms with Crippen LogP contribution in [-0.2, 0) is 0 Å². The molecule has 0 amide bonds. The minimum Gasteiger partial charge on any atom is -0.369 e. The molecule has 0 saturated heterocycles. The van der Waals surface area contributed by atoms with Crippen LogP contribution in [0.3, 0.4) is 0 Å². The Hall–Kier alpha value is -2.73. The molecule has 0 bridgehead atoms. The molecule has 0 atom stereocenters. The van der Waals surface area contributed by atoms with E-state index in [4.69, 9.17) is 10.5 Å². The summed E-state index contributed by atoms with van der Waals surface area (Å²) < 4.78 is 0. The van der Waals surface area contributed by atoms with Gasteiger partial charge in [-0.2, -0.15) is 10.5 Å². The van der Waals surface area contributed by atoms with Crippen molar-refractivity contribution in [1.82, 2.24) is 14.9 Å². The van der Waals surface area contributed by atoms with Gasteiger partial charge in [0.1, 0.15) is 17.8 Å². The lowest BCUT2D eigenvalue weighted by Gasteiger charge is -2.04. The smallest absolute Gasteiger partial charge is 0.180 e. The Kier molecular flexibility index (Phi) is 4.34. The van der Waals surface area contributed by atoms with Gasteiger partial charge < -0.3 is 4.90 Å². The Morgan fingerprint density at radius 2 is 1.88 bits per heavy atom. The highest BCUT2D eigenvalue weighted by Crippen LogP contribution is 2.14. The number of hydrogen-bond donors (Lipinski definition) is 0. The van der Waals surface area contributed by atoms with Gasteiger partial charge in [0.15, 0.2) is 11.4 Å². The Bertz CT molecular complexity index is 499. The zero-order valence-corrected chi connectivity index (χ0v) is 9.49. The van der Waals surface area contributed by atoms with E-state index in [1.54, 1.807) is 37.2 Å². The van der Waals surface area contributed by atoms with Gasteiger partial charge in [-0.05, 0) is 6.07 Å². The van der Waals surface area contributed by atoms with Crippen molar-refractivity contribution in [2.24, 2.45) is 4.99 Å². The van der Waals surface area contributed by atoms with Gasteiger partial charge in [0, 0.05) is 26.5 Å². The molecular formula is C11H10N6. The number of aliphatic imine (C=N–C) groups is 1. The summed E-state index contributed by atoms with van der Waals surface area (Å²) in [6.45, 7) is 0. The highest BCUT2D eigenvalue weighted by Gasteiger charge is 2.10. The first-order chi connectivity index (χ1) is 8.19. The molecule has 0 unspecified atom stereocenters. The molecule has 0 aliphatic carbocycles. The van der Waals surface area contributed by atoms with Crippen molar-refractivity contribution in [3.8, 4) is 12.1 Å². The summed E-state index contributed by atoms with van der Waals surface area (Å²) in [6.07, 6.45) is 4.54. The molecule has 0 aromatic carbocycles. The lowest BCUT2D eigenvalue weighted by molar-refractivity contribution is 0.643. The molecule has 0 spiro atoms. The molecule has 1 aromatic rings. The van der Waals surface area contributed by atoms with E-state index in [0.717, 1.165) is 0 Å². The highest BCUT2D eigenvalue weighted by atomic mass is 15.1. The van der Waals surface area contributed by atoms with E-state index >= 15 is 0 Å². The summed E-state index contributed by atoms with van der Waals surface area (Å²) >= 11 is 0. The first-order valence-electron chi connectivity index (χ1n) is 4.71. The third-order valence-electron chi connectivity index (χ3n) is 1.66. The van der Waals surface area contributed by atoms with Crippen LogP contribution in [0.25, 0.3) is 5.70 Å². The Morgan fingerprint density at radius 1 is 1.29 bits per heavy atom. The zero-order chi connectivity index (χ0) is 12.7. The van der Waals surface area contributed by atoms with Gasteiger partial charge in [0.2, 0.25) is 0 Å². The van der Waals surface area contributed by atoms with Crippen molar-refractivity contribution >= 4 is 12.0 Å². The molecule has 0 N–H and O–H groups in total. The van der Waals surface area contributed by atoms with Crippen LogP contribution in [0.2, 0.25) is 0 Å². The molecular weight excluding hydrogens is 216 g/mol. The Labute approximate surface area is 99.2 Å². The van der Waals surface area contributed by atoms with E-state index in [1.807, 2.05) is 0 Å². The van der Waals surface area contributed by atoms with Gasteiger partial charge in [-0.3, -0.25) is 0 Å². The lowest BCUT2D eigenvalue weighted by atomic mass is 10.2. The van der Waals surface area contributed by atoms with Crippen molar-refractivity contribution in [1.29, 1.82) is 10.5 Å². The molecule has 6 heteroatoms. The van der Waals surface area contributed by atoms with Crippen LogP contribution in [0, 0.1) is 22.7 Å². The lowest BCUT2D eigenvalue weighted by Crippen LogP contribution is -2.08. The van der Waals surface area contributed by atoms with Crippen LogP contribution in [0.4, 0.5) is 0 Å². The number of aromatic nitrogens is 2. The summed E-state index contributed by atoms with van der Waals surface area (Å²) in [5, 5.41) is 17.7. The maximum absolute atomic E-state index is 8.85. The van der Waals surface area contributed by atoms with Gasteiger partial charge >= 0.3 is 0 Å². The summed E-state index contributed by atoms with van der Waals surface area (Å²) in [5.74, 6) is 0.253. The molecule has 84 valence electrons. The number of nitrogens with zero attached hydrogens (tertiary/aromatic N) is 6. The molecule has 0 aliphatic heterocycles. The zero-order valence-electron chi connectivity index (χ0n) is 9.49. The SMILES string of the molecule is CN(C)C=NC(=C(C#N)C#N)c1ncccn1. The van der Waals surface area contributed by atoms with Crippen molar-refractivity contribution in [3.05, 3.63) is 29.9 Å². The van der Waals surface area contributed by atoms with E-state index in [2.05, 4.69) is 15.0 Å². The molecule has 1 rings (SSSR count). The molecule has 1 aromatic heterocycles. The normalized spacial score (nSPS) is 9.41. The Balaban J connectivity index is 3.29. The van der Waals surface area contributed by atoms with Crippen LogP contribution in [0.15, 0.2) is 29.0 Å². The molecule has 17 heavy (non-hydrogen) atoms. The molecule has 0 aliphatic rings. The third-order valence-corrected chi connectivity index (χ3v) is 1.66. The van der Waals surface area contributed by atoms with Gasteiger partial charge in [0.05, 0.1) is 6.34 Å². The monoisotopic (exact) mass is 226 g/mol. The molecule has 6 nitrogen and oxygen atoms in total.